The molecule has 24 heavy (non-hydrogen) atoms. The van der Waals surface area contributed by atoms with Crippen molar-refractivity contribution in [2.45, 2.75) is 11.9 Å². The fourth-order valence-corrected chi connectivity index (χ4v) is 3.52. The number of aromatic nitrogens is 2. The summed E-state index contributed by atoms with van der Waals surface area (Å²) in [5.74, 6) is 0.860. The Balaban J connectivity index is 1.87. The highest BCUT2D eigenvalue weighted by Gasteiger charge is 2.21. The standard InChI is InChI=1S/C16H16I3N5/c17-16(18,19)12-3-1-11(2-4-12)14(24-15-22-7-8-23-15)9-13-10-20-5-6-21-13/h1-6,10,14H,7-9H2,(H2,22,23,24). The van der Waals surface area contributed by atoms with E-state index < -0.39 is 0 Å². The van der Waals surface area contributed by atoms with Crippen LogP contribution in [-0.2, 0) is 5.86 Å². The van der Waals surface area contributed by atoms with E-state index >= 15 is 0 Å². The van der Waals surface area contributed by atoms with Crippen molar-refractivity contribution in [3.8, 4) is 0 Å². The van der Waals surface area contributed by atoms with Gasteiger partial charge in [0, 0.05) is 38.1 Å². The number of guanidine groups is 1. The smallest absolute Gasteiger partial charge is 0.192 e. The maximum absolute atomic E-state index is 4.85. The van der Waals surface area contributed by atoms with Gasteiger partial charge in [-0.15, -0.1) is 0 Å². The highest BCUT2D eigenvalue weighted by atomic mass is 127. The van der Waals surface area contributed by atoms with E-state index in [4.69, 9.17) is 4.99 Å². The summed E-state index contributed by atoms with van der Waals surface area (Å²) in [4.78, 5) is 13.4. The van der Waals surface area contributed by atoms with Crippen LogP contribution in [0.4, 0.5) is 0 Å². The molecule has 1 atom stereocenters. The quantitative estimate of drug-likeness (QED) is 0.380. The summed E-state index contributed by atoms with van der Waals surface area (Å²) in [6.07, 6.45) is 5.96. The zero-order chi connectivity index (χ0) is 17.0. The van der Waals surface area contributed by atoms with Gasteiger partial charge in [-0.25, -0.2) is 4.99 Å². The van der Waals surface area contributed by atoms with E-state index in [1.807, 2.05) is 6.20 Å². The Morgan fingerprint density at radius 2 is 1.79 bits per heavy atom. The summed E-state index contributed by atoms with van der Waals surface area (Å²) in [7, 11) is 0. The Kier molecular flexibility index (Phi) is 6.51. The Labute approximate surface area is 182 Å². The summed E-state index contributed by atoms with van der Waals surface area (Å²) in [6.45, 7) is 1.83. The van der Waals surface area contributed by atoms with Gasteiger partial charge < -0.3 is 10.6 Å². The predicted octanol–water partition coefficient (Wildman–Crippen LogP) is 3.72. The van der Waals surface area contributed by atoms with Crippen LogP contribution in [0.2, 0.25) is 0 Å². The maximum atomic E-state index is 4.85. The number of nitrogens with zero attached hydrogens (tertiary/aromatic N) is 3. The lowest BCUT2D eigenvalue weighted by molar-refractivity contribution is 0.698. The first kappa shape index (κ1) is 18.5. The van der Waals surface area contributed by atoms with Crippen molar-refractivity contribution in [1.29, 1.82) is 0 Å². The van der Waals surface area contributed by atoms with Crippen LogP contribution < -0.4 is 10.6 Å². The molecule has 1 saturated heterocycles. The third-order valence-electron chi connectivity index (χ3n) is 3.64. The van der Waals surface area contributed by atoms with Crippen molar-refractivity contribution in [2.24, 2.45) is 4.99 Å². The third-order valence-corrected chi connectivity index (χ3v) is 5.51. The van der Waals surface area contributed by atoms with Gasteiger partial charge in [-0.05, 0) is 78.9 Å². The lowest BCUT2D eigenvalue weighted by atomic mass is 10.0. The minimum atomic E-state index is 0.0101. The first-order chi connectivity index (χ1) is 11.5. The number of nitrogens with one attached hydrogen (secondary N) is 2. The van der Waals surface area contributed by atoms with E-state index in [1.165, 1.54) is 11.1 Å². The first-order valence-electron chi connectivity index (χ1n) is 7.50. The maximum Gasteiger partial charge on any atom is 0.192 e. The molecule has 0 amide bonds. The second kappa shape index (κ2) is 8.43. The van der Waals surface area contributed by atoms with E-state index in [1.54, 1.807) is 12.4 Å². The number of benzene rings is 1. The Morgan fingerprint density at radius 3 is 2.38 bits per heavy atom. The van der Waals surface area contributed by atoms with E-state index in [2.05, 4.69) is 113 Å². The van der Waals surface area contributed by atoms with Crippen molar-refractivity contribution in [3.63, 3.8) is 0 Å². The molecule has 2 heterocycles. The van der Waals surface area contributed by atoms with Crippen LogP contribution in [0.25, 0.3) is 0 Å². The molecule has 1 aromatic heterocycles. The molecule has 1 fully saturated rings. The molecule has 0 radical (unpaired) electrons. The summed E-state index contributed by atoms with van der Waals surface area (Å²) in [6, 6.07) is 8.70. The molecule has 1 aliphatic rings. The van der Waals surface area contributed by atoms with Crippen molar-refractivity contribution < 1.29 is 0 Å². The molecule has 0 bridgehead atoms. The van der Waals surface area contributed by atoms with Gasteiger partial charge >= 0.3 is 0 Å². The SMILES string of the molecule is IC(I)(I)c1ccc(C(Cc2cnccn2)N=C2NCCN2)cc1. The molecule has 1 aliphatic heterocycles. The van der Waals surface area contributed by atoms with Gasteiger partial charge in [0.05, 0.1) is 11.7 Å². The van der Waals surface area contributed by atoms with Gasteiger partial charge in [0.1, 0.15) is -0.565 Å². The predicted molar refractivity (Wildman–Crippen MR) is 122 cm³/mol. The minimum absolute atomic E-state index is 0.0101. The summed E-state index contributed by atoms with van der Waals surface area (Å²) in [5, 5.41) is 6.55. The largest absolute Gasteiger partial charge is 0.355 e. The van der Waals surface area contributed by atoms with Crippen molar-refractivity contribution in [2.75, 3.05) is 13.1 Å². The fourth-order valence-electron chi connectivity index (χ4n) is 2.44. The van der Waals surface area contributed by atoms with Gasteiger partial charge in [-0.1, -0.05) is 24.3 Å². The number of hydrogen-bond donors (Lipinski definition) is 2. The lowest BCUT2D eigenvalue weighted by Crippen LogP contribution is -2.25. The first-order valence-corrected chi connectivity index (χ1v) is 10.7. The van der Waals surface area contributed by atoms with Crippen LogP contribution >= 0.6 is 67.8 Å². The Bertz CT molecular complexity index is 690. The molecule has 2 N–H and O–H groups in total. The number of aliphatic imine (C=N–C) groups is 1. The Hall–Kier alpha value is -0.240. The van der Waals surface area contributed by atoms with Gasteiger partial charge in [0.15, 0.2) is 5.96 Å². The average Bonchev–Trinajstić information content (AvgIpc) is 3.08. The highest BCUT2D eigenvalue weighted by Crippen LogP contribution is 2.46. The van der Waals surface area contributed by atoms with Gasteiger partial charge in [-0.3, -0.25) is 9.97 Å². The van der Waals surface area contributed by atoms with Crippen LogP contribution in [0.3, 0.4) is 0 Å². The van der Waals surface area contributed by atoms with Crippen LogP contribution in [0, 0.1) is 0 Å². The molecule has 0 aliphatic carbocycles. The second-order valence-electron chi connectivity index (χ2n) is 5.37. The molecule has 0 saturated carbocycles. The van der Waals surface area contributed by atoms with Crippen molar-refractivity contribution >= 4 is 73.7 Å². The topological polar surface area (TPSA) is 62.2 Å². The number of rotatable bonds is 5. The summed E-state index contributed by atoms with van der Waals surface area (Å²) >= 11 is 7.31. The number of hydrogen-bond acceptors (Lipinski definition) is 3. The molecule has 1 unspecified atom stereocenters. The summed E-state index contributed by atoms with van der Waals surface area (Å²) in [5.41, 5.74) is 3.41. The summed E-state index contributed by atoms with van der Waals surface area (Å²) < 4.78 is 0.0622. The minimum Gasteiger partial charge on any atom is -0.355 e. The van der Waals surface area contributed by atoms with E-state index in [-0.39, 0.29) is 5.48 Å². The van der Waals surface area contributed by atoms with Gasteiger partial charge in [-0.2, -0.15) is 0 Å². The fraction of sp³-hybridized carbons (Fsp3) is 0.312. The van der Waals surface area contributed by atoms with Gasteiger partial charge in [0.25, 0.3) is 0 Å². The van der Waals surface area contributed by atoms with E-state index in [0.29, 0.717) is 0 Å². The molecule has 5 nitrogen and oxygen atoms in total. The van der Waals surface area contributed by atoms with Gasteiger partial charge in [0.2, 0.25) is 0 Å². The monoisotopic (exact) mass is 659 g/mol. The molecule has 126 valence electrons. The molecule has 0 spiro atoms. The van der Waals surface area contributed by atoms with Crippen molar-refractivity contribution in [1.82, 2.24) is 20.6 Å². The molecular formula is C16H16I3N5. The number of halogens is 3. The normalized spacial score (nSPS) is 15.5. The molecule has 8 heteroatoms. The molecule has 2 aromatic rings. The van der Waals surface area contributed by atoms with Crippen molar-refractivity contribution in [3.05, 3.63) is 59.7 Å². The highest BCUT2D eigenvalue weighted by molar-refractivity contribution is 14.3. The second-order valence-corrected chi connectivity index (χ2v) is 16.4. The molecule has 3 rings (SSSR count). The van der Waals surface area contributed by atoms with Crippen LogP contribution in [0.5, 0.6) is 0 Å². The van der Waals surface area contributed by atoms with E-state index in [9.17, 15) is 0 Å². The zero-order valence-electron chi connectivity index (χ0n) is 12.7. The Morgan fingerprint density at radius 1 is 1.08 bits per heavy atom. The molecule has 1 aromatic carbocycles. The average molecular weight is 659 g/mol. The lowest BCUT2D eigenvalue weighted by Gasteiger charge is -2.17. The van der Waals surface area contributed by atoms with Crippen LogP contribution in [0.15, 0.2) is 47.8 Å². The zero-order valence-corrected chi connectivity index (χ0v) is 19.2. The number of alkyl halides is 3. The van der Waals surface area contributed by atoms with Crippen LogP contribution in [0.1, 0.15) is 22.9 Å². The van der Waals surface area contributed by atoms with E-state index in [0.717, 1.165) is 31.2 Å². The third kappa shape index (κ3) is 5.13. The molecular weight excluding hydrogens is 643 g/mol. The van der Waals surface area contributed by atoms with Crippen LogP contribution in [-0.4, -0.2) is 29.0 Å².